The maximum Gasteiger partial charge on any atom is 0.0702 e. The molecule has 0 fully saturated rings. The SMILES string of the molecule is c1ccc(-c2ccccc2N(c2ccccc2)c2ccccc2N(c2ccccc2)c2ccccc2)cc1. The maximum atomic E-state index is 2.37. The van der Waals surface area contributed by atoms with Crippen LogP contribution in [0.1, 0.15) is 0 Å². The van der Waals surface area contributed by atoms with Crippen LogP contribution in [0, 0.1) is 0 Å². The fraction of sp³-hybridized carbons (Fsp3) is 0. The minimum absolute atomic E-state index is 1.09. The van der Waals surface area contributed by atoms with Crippen molar-refractivity contribution in [2.45, 2.75) is 0 Å². The van der Waals surface area contributed by atoms with Crippen molar-refractivity contribution in [3.63, 3.8) is 0 Å². The van der Waals surface area contributed by atoms with Crippen LogP contribution in [-0.4, -0.2) is 0 Å². The predicted molar refractivity (Wildman–Crippen MR) is 161 cm³/mol. The minimum atomic E-state index is 1.09. The van der Waals surface area contributed by atoms with Gasteiger partial charge in [0.2, 0.25) is 0 Å². The lowest BCUT2D eigenvalue weighted by Crippen LogP contribution is -2.17. The van der Waals surface area contributed by atoms with Crippen LogP contribution in [0.3, 0.4) is 0 Å². The van der Waals surface area contributed by atoms with E-state index in [-0.39, 0.29) is 0 Å². The Morgan fingerprint density at radius 3 is 1.11 bits per heavy atom. The van der Waals surface area contributed by atoms with Gasteiger partial charge in [-0.25, -0.2) is 0 Å². The number of hydrogen-bond acceptors (Lipinski definition) is 2. The summed E-state index contributed by atoms with van der Waals surface area (Å²) in [6, 6.07) is 59.6. The molecule has 0 unspecified atom stereocenters. The third kappa shape index (κ3) is 4.68. The van der Waals surface area contributed by atoms with Crippen molar-refractivity contribution in [1.82, 2.24) is 0 Å². The summed E-state index contributed by atoms with van der Waals surface area (Å²) in [5.74, 6) is 0. The summed E-state index contributed by atoms with van der Waals surface area (Å²) >= 11 is 0. The molecule has 0 radical (unpaired) electrons. The summed E-state index contributed by atoms with van der Waals surface area (Å²) in [6.45, 7) is 0. The van der Waals surface area contributed by atoms with Crippen LogP contribution in [0.25, 0.3) is 11.1 Å². The highest BCUT2D eigenvalue weighted by Crippen LogP contribution is 2.47. The lowest BCUT2D eigenvalue weighted by molar-refractivity contribution is 1.23. The Balaban J connectivity index is 1.61. The lowest BCUT2D eigenvalue weighted by atomic mass is 10.0. The number of anilines is 6. The molecule has 0 N–H and O–H groups in total. The molecule has 2 nitrogen and oxygen atoms in total. The van der Waals surface area contributed by atoms with Crippen molar-refractivity contribution < 1.29 is 0 Å². The third-order valence-corrected chi connectivity index (χ3v) is 6.64. The fourth-order valence-electron chi connectivity index (χ4n) is 4.94. The van der Waals surface area contributed by atoms with E-state index in [1.807, 2.05) is 0 Å². The molecule has 0 spiro atoms. The van der Waals surface area contributed by atoms with E-state index in [4.69, 9.17) is 0 Å². The topological polar surface area (TPSA) is 6.48 Å². The largest absolute Gasteiger partial charge is 0.308 e. The van der Waals surface area contributed by atoms with E-state index >= 15 is 0 Å². The highest BCUT2D eigenvalue weighted by atomic mass is 15.2. The van der Waals surface area contributed by atoms with Gasteiger partial charge in [-0.05, 0) is 60.2 Å². The van der Waals surface area contributed by atoms with Gasteiger partial charge in [-0.1, -0.05) is 115 Å². The highest BCUT2D eigenvalue weighted by Gasteiger charge is 2.23. The van der Waals surface area contributed by atoms with Crippen LogP contribution >= 0.6 is 0 Å². The zero-order chi connectivity index (χ0) is 25.6. The zero-order valence-corrected chi connectivity index (χ0v) is 21.1. The van der Waals surface area contributed by atoms with Gasteiger partial charge in [0.05, 0.1) is 17.1 Å². The monoisotopic (exact) mass is 488 g/mol. The standard InChI is InChI=1S/C36H28N2/c1-5-17-29(18-6-1)33-25-13-14-26-34(33)38(32-23-11-4-12-24-32)36-28-16-15-27-35(36)37(30-19-7-2-8-20-30)31-21-9-3-10-22-31/h1-28H. The Hall–Kier alpha value is -5.08. The smallest absolute Gasteiger partial charge is 0.0702 e. The molecule has 0 aliphatic carbocycles. The molecular weight excluding hydrogens is 460 g/mol. The molecule has 0 bridgehead atoms. The Kier molecular flexibility index (Phi) is 6.69. The predicted octanol–water partition coefficient (Wildman–Crippen LogP) is 10.3. The molecule has 0 aliphatic heterocycles. The van der Waals surface area contributed by atoms with Crippen molar-refractivity contribution in [2.75, 3.05) is 9.80 Å². The average Bonchev–Trinajstić information content (AvgIpc) is 3.01. The average molecular weight is 489 g/mol. The molecule has 0 saturated heterocycles. The van der Waals surface area contributed by atoms with E-state index in [1.54, 1.807) is 0 Å². The summed E-state index contributed by atoms with van der Waals surface area (Å²) in [4.78, 5) is 4.70. The van der Waals surface area contributed by atoms with E-state index in [0.717, 1.165) is 34.1 Å². The molecule has 6 rings (SSSR count). The van der Waals surface area contributed by atoms with Crippen molar-refractivity contribution in [3.05, 3.63) is 170 Å². The second kappa shape index (κ2) is 10.9. The van der Waals surface area contributed by atoms with Crippen molar-refractivity contribution in [2.24, 2.45) is 0 Å². The molecule has 0 saturated carbocycles. The van der Waals surface area contributed by atoms with Gasteiger partial charge in [0.1, 0.15) is 0 Å². The Bertz CT molecular complexity index is 1560. The molecule has 2 heteroatoms. The molecule has 38 heavy (non-hydrogen) atoms. The van der Waals surface area contributed by atoms with Gasteiger partial charge in [0.25, 0.3) is 0 Å². The Morgan fingerprint density at radius 1 is 0.263 bits per heavy atom. The van der Waals surface area contributed by atoms with E-state index in [2.05, 4.69) is 180 Å². The lowest BCUT2D eigenvalue weighted by Gasteiger charge is -2.34. The number of para-hydroxylation sites is 6. The van der Waals surface area contributed by atoms with E-state index < -0.39 is 0 Å². The zero-order valence-electron chi connectivity index (χ0n) is 21.1. The van der Waals surface area contributed by atoms with Crippen LogP contribution < -0.4 is 9.80 Å². The van der Waals surface area contributed by atoms with Crippen molar-refractivity contribution in [3.8, 4) is 11.1 Å². The van der Waals surface area contributed by atoms with Crippen LogP contribution in [-0.2, 0) is 0 Å². The molecule has 0 aliphatic rings. The fourth-order valence-corrected chi connectivity index (χ4v) is 4.94. The summed E-state index contributed by atoms with van der Waals surface area (Å²) in [5, 5.41) is 0. The number of hydrogen-bond donors (Lipinski definition) is 0. The van der Waals surface area contributed by atoms with Crippen molar-refractivity contribution in [1.29, 1.82) is 0 Å². The van der Waals surface area contributed by atoms with Crippen LogP contribution in [0.4, 0.5) is 34.1 Å². The third-order valence-electron chi connectivity index (χ3n) is 6.64. The molecular formula is C36H28N2. The van der Waals surface area contributed by atoms with Gasteiger partial charge in [0.15, 0.2) is 0 Å². The number of benzene rings is 6. The van der Waals surface area contributed by atoms with Crippen molar-refractivity contribution >= 4 is 34.1 Å². The maximum absolute atomic E-state index is 2.37. The molecule has 0 amide bonds. The van der Waals surface area contributed by atoms with Gasteiger partial charge < -0.3 is 9.80 Å². The summed E-state index contributed by atoms with van der Waals surface area (Å²) in [5.41, 5.74) is 8.99. The molecule has 0 atom stereocenters. The van der Waals surface area contributed by atoms with E-state index in [0.29, 0.717) is 0 Å². The molecule has 0 aromatic heterocycles. The number of rotatable bonds is 7. The van der Waals surface area contributed by atoms with E-state index in [9.17, 15) is 0 Å². The second-order valence-electron chi connectivity index (χ2n) is 9.05. The highest BCUT2D eigenvalue weighted by molar-refractivity contribution is 5.95. The molecule has 0 heterocycles. The molecule has 182 valence electrons. The van der Waals surface area contributed by atoms with Gasteiger partial charge in [-0.15, -0.1) is 0 Å². The second-order valence-corrected chi connectivity index (χ2v) is 9.05. The van der Waals surface area contributed by atoms with Gasteiger partial charge >= 0.3 is 0 Å². The van der Waals surface area contributed by atoms with Crippen LogP contribution in [0.15, 0.2) is 170 Å². The Morgan fingerprint density at radius 2 is 0.605 bits per heavy atom. The normalized spacial score (nSPS) is 10.6. The quantitative estimate of drug-likeness (QED) is 0.220. The summed E-state index contributed by atoms with van der Waals surface area (Å²) in [7, 11) is 0. The molecule has 6 aromatic rings. The van der Waals surface area contributed by atoms with Crippen LogP contribution in [0.2, 0.25) is 0 Å². The first-order valence-electron chi connectivity index (χ1n) is 12.9. The van der Waals surface area contributed by atoms with Gasteiger partial charge in [-0.3, -0.25) is 0 Å². The first-order chi connectivity index (χ1) is 18.9. The Labute approximate surface area is 224 Å². The van der Waals surface area contributed by atoms with Gasteiger partial charge in [-0.2, -0.15) is 0 Å². The molecule has 6 aromatic carbocycles. The van der Waals surface area contributed by atoms with E-state index in [1.165, 1.54) is 11.1 Å². The summed E-state index contributed by atoms with van der Waals surface area (Å²) in [6.07, 6.45) is 0. The first-order valence-corrected chi connectivity index (χ1v) is 12.9. The first kappa shape index (κ1) is 23.3. The van der Waals surface area contributed by atoms with Crippen LogP contribution in [0.5, 0.6) is 0 Å². The summed E-state index contributed by atoms with van der Waals surface area (Å²) < 4.78 is 0. The minimum Gasteiger partial charge on any atom is -0.308 e. The number of nitrogens with zero attached hydrogens (tertiary/aromatic N) is 2. The van der Waals surface area contributed by atoms with Gasteiger partial charge in [0, 0.05) is 22.6 Å².